The Morgan fingerprint density at radius 2 is 2.21 bits per heavy atom. The van der Waals surface area contributed by atoms with Crippen LogP contribution in [0.1, 0.15) is 30.4 Å². The summed E-state index contributed by atoms with van der Waals surface area (Å²) in [5, 5.41) is 8.58. The molecule has 4 heteroatoms. The van der Waals surface area contributed by atoms with E-state index in [0.29, 0.717) is 18.2 Å². The lowest BCUT2D eigenvalue weighted by Crippen LogP contribution is -2.36. The molecule has 19 heavy (non-hydrogen) atoms. The largest absolute Gasteiger partial charge is 0.478 e. The number of carboxylic acids is 1. The highest BCUT2D eigenvalue weighted by Gasteiger charge is 2.21. The molecule has 0 aromatic heterocycles. The fourth-order valence-electron chi connectivity index (χ4n) is 2.27. The molecular weight excluding hydrogens is 245 g/mol. The summed E-state index contributed by atoms with van der Waals surface area (Å²) in [4.78, 5) is 12.7. The second-order valence-electron chi connectivity index (χ2n) is 5.06. The van der Waals surface area contributed by atoms with Crippen LogP contribution in [-0.4, -0.2) is 29.1 Å². The topological polar surface area (TPSA) is 40.5 Å². The first kappa shape index (κ1) is 13.7. The highest BCUT2D eigenvalue weighted by molar-refractivity contribution is 5.85. The van der Waals surface area contributed by atoms with Gasteiger partial charge in [0.15, 0.2) is 0 Å². The smallest absolute Gasteiger partial charge is 0.328 e. The average Bonchev–Trinajstić information content (AvgIpc) is 2.22. The lowest BCUT2D eigenvalue weighted by Gasteiger charge is -2.34. The lowest BCUT2D eigenvalue weighted by atomic mass is 9.91. The number of rotatable bonds is 5. The van der Waals surface area contributed by atoms with E-state index in [1.165, 1.54) is 37.5 Å². The number of halogens is 1. The van der Waals surface area contributed by atoms with E-state index in [9.17, 15) is 9.18 Å². The SMILES string of the molecule is CN(Cc1cc(F)cc(/C=C/C(=O)O)c1)C1CCC1. The predicted octanol–water partition coefficient (Wildman–Crippen LogP) is 2.91. The molecule has 102 valence electrons. The monoisotopic (exact) mass is 263 g/mol. The van der Waals surface area contributed by atoms with Gasteiger partial charge in [0.1, 0.15) is 5.82 Å². The van der Waals surface area contributed by atoms with Gasteiger partial charge < -0.3 is 5.11 Å². The van der Waals surface area contributed by atoms with Gasteiger partial charge >= 0.3 is 5.97 Å². The molecule has 2 rings (SSSR count). The third-order valence-corrected chi connectivity index (χ3v) is 3.53. The molecule has 0 radical (unpaired) electrons. The van der Waals surface area contributed by atoms with E-state index in [-0.39, 0.29) is 5.82 Å². The third kappa shape index (κ3) is 3.89. The normalized spacial score (nSPS) is 15.9. The van der Waals surface area contributed by atoms with Gasteiger partial charge in [-0.05, 0) is 49.2 Å². The molecule has 0 aliphatic heterocycles. The summed E-state index contributed by atoms with van der Waals surface area (Å²) in [6, 6.07) is 5.28. The maximum Gasteiger partial charge on any atom is 0.328 e. The van der Waals surface area contributed by atoms with Gasteiger partial charge in [-0.2, -0.15) is 0 Å². The number of carboxylic acid groups (broad SMARTS) is 1. The van der Waals surface area contributed by atoms with Crippen molar-refractivity contribution >= 4 is 12.0 Å². The summed E-state index contributed by atoms with van der Waals surface area (Å²) in [5.41, 5.74) is 1.46. The zero-order chi connectivity index (χ0) is 13.8. The number of nitrogens with zero attached hydrogens (tertiary/aromatic N) is 1. The van der Waals surface area contributed by atoms with Crippen molar-refractivity contribution in [1.29, 1.82) is 0 Å². The Balaban J connectivity index is 2.09. The second-order valence-corrected chi connectivity index (χ2v) is 5.06. The Morgan fingerprint density at radius 1 is 1.47 bits per heavy atom. The third-order valence-electron chi connectivity index (χ3n) is 3.53. The van der Waals surface area contributed by atoms with Crippen LogP contribution in [0.2, 0.25) is 0 Å². The number of benzene rings is 1. The minimum absolute atomic E-state index is 0.329. The van der Waals surface area contributed by atoms with Crippen LogP contribution >= 0.6 is 0 Å². The van der Waals surface area contributed by atoms with Gasteiger partial charge in [0.05, 0.1) is 0 Å². The van der Waals surface area contributed by atoms with Crippen molar-refractivity contribution < 1.29 is 14.3 Å². The van der Waals surface area contributed by atoms with Crippen LogP contribution < -0.4 is 0 Å². The Kier molecular flexibility index (Phi) is 4.32. The van der Waals surface area contributed by atoms with Crippen LogP contribution in [0.25, 0.3) is 6.08 Å². The van der Waals surface area contributed by atoms with Crippen LogP contribution in [0, 0.1) is 5.82 Å². The van der Waals surface area contributed by atoms with E-state index in [2.05, 4.69) is 4.90 Å². The number of aliphatic carboxylic acids is 1. The molecule has 0 amide bonds. The molecule has 0 bridgehead atoms. The molecule has 0 spiro atoms. The lowest BCUT2D eigenvalue weighted by molar-refractivity contribution is -0.131. The Labute approximate surface area is 112 Å². The average molecular weight is 263 g/mol. The molecule has 1 N–H and O–H groups in total. The molecule has 1 aromatic carbocycles. The van der Waals surface area contributed by atoms with E-state index < -0.39 is 5.97 Å². The molecule has 1 saturated carbocycles. The van der Waals surface area contributed by atoms with Crippen molar-refractivity contribution in [2.75, 3.05) is 7.05 Å². The Bertz CT molecular complexity index is 495. The predicted molar refractivity (Wildman–Crippen MR) is 72.2 cm³/mol. The van der Waals surface area contributed by atoms with Crippen molar-refractivity contribution in [3.05, 3.63) is 41.2 Å². The minimum Gasteiger partial charge on any atom is -0.478 e. The Morgan fingerprint density at radius 3 is 2.79 bits per heavy atom. The summed E-state index contributed by atoms with van der Waals surface area (Å²) in [6.07, 6.45) is 6.12. The van der Waals surface area contributed by atoms with Crippen molar-refractivity contribution in [3.8, 4) is 0 Å². The zero-order valence-electron chi connectivity index (χ0n) is 11.0. The van der Waals surface area contributed by atoms with Gasteiger partial charge in [0.25, 0.3) is 0 Å². The molecule has 1 fully saturated rings. The van der Waals surface area contributed by atoms with E-state index in [4.69, 9.17) is 5.11 Å². The van der Waals surface area contributed by atoms with Gasteiger partial charge in [-0.1, -0.05) is 12.5 Å². The van der Waals surface area contributed by atoms with Crippen LogP contribution in [-0.2, 0) is 11.3 Å². The standard InChI is InChI=1S/C15H18FNO2/c1-17(14-3-2-4-14)10-12-7-11(5-6-15(18)19)8-13(16)9-12/h5-9,14H,2-4,10H2,1H3,(H,18,19)/b6-5+. The molecule has 0 heterocycles. The number of hydrogen-bond donors (Lipinski definition) is 1. The van der Waals surface area contributed by atoms with Crippen LogP contribution in [0.15, 0.2) is 24.3 Å². The highest BCUT2D eigenvalue weighted by atomic mass is 19.1. The molecule has 1 aliphatic rings. The molecule has 0 atom stereocenters. The summed E-state index contributed by atoms with van der Waals surface area (Å²) in [7, 11) is 2.04. The van der Waals surface area contributed by atoms with E-state index >= 15 is 0 Å². The van der Waals surface area contributed by atoms with Crippen molar-refractivity contribution in [3.63, 3.8) is 0 Å². The summed E-state index contributed by atoms with van der Waals surface area (Å²) in [6.45, 7) is 0.691. The molecule has 1 aliphatic carbocycles. The maximum absolute atomic E-state index is 13.5. The van der Waals surface area contributed by atoms with Gasteiger partial charge in [0, 0.05) is 18.7 Å². The molecule has 3 nitrogen and oxygen atoms in total. The summed E-state index contributed by atoms with van der Waals surface area (Å²) in [5.74, 6) is -1.36. The van der Waals surface area contributed by atoms with Gasteiger partial charge in [0.2, 0.25) is 0 Å². The first-order valence-corrected chi connectivity index (χ1v) is 6.45. The van der Waals surface area contributed by atoms with Crippen LogP contribution in [0.5, 0.6) is 0 Å². The van der Waals surface area contributed by atoms with E-state index in [1.807, 2.05) is 13.1 Å². The molecule has 0 saturated heterocycles. The van der Waals surface area contributed by atoms with Crippen molar-refractivity contribution in [2.45, 2.75) is 31.8 Å². The van der Waals surface area contributed by atoms with Crippen LogP contribution in [0.3, 0.4) is 0 Å². The molecule has 0 unspecified atom stereocenters. The zero-order valence-corrected chi connectivity index (χ0v) is 11.0. The van der Waals surface area contributed by atoms with Gasteiger partial charge in [-0.3, -0.25) is 4.90 Å². The van der Waals surface area contributed by atoms with E-state index in [1.54, 1.807) is 0 Å². The summed E-state index contributed by atoms with van der Waals surface area (Å²) >= 11 is 0. The van der Waals surface area contributed by atoms with Crippen molar-refractivity contribution in [1.82, 2.24) is 4.90 Å². The van der Waals surface area contributed by atoms with Crippen molar-refractivity contribution in [2.24, 2.45) is 0 Å². The van der Waals surface area contributed by atoms with Gasteiger partial charge in [-0.25, -0.2) is 9.18 Å². The van der Waals surface area contributed by atoms with Crippen LogP contribution in [0.4, 0.5) is 4.39 Å². The van der Waals surface area contributed by atoms with E-state index in [0.717, 1.165) is 11.6 Å². The second kappa shape index (κ2) is 5.97. The maximum atomic E-state index is 13.5. The number of hydrogen-bond acceptors (Lipinski definition) is 2. The summed E-state index contributed by atoms with van der Waals surface area (Å²) < 4.78 is 13.5. The highest BCUT2D eigenvalue weighted by Crippen LogP contribution is 2.25. The number of carbonyl (C=O) groups is 1. The molecule has 1 aromatic rings. The Hall–Kier alpha value is -1.68. The quantitative estimate of drug-likeness (QED) is 0.830. The fraction of sp³-hybridized carbons (Fsp3) is 0.400. The first-order valence-electron chi connectivity index (χ1n) is 6.45. The van der Waals surface area contributed by atoms with Gasteiger partial charge in [-0.15, -0.1) is 0 Å². The minimum atomic E-state index is -1.03. The molecular formula is C15H18FNO2. The first-order chi connectivity index (χ1) is 9.04. The fourth-order valence-corrected chi connectivity index (χ4v) is 2.27.